The van der Waals surface area contributed by atoms with Gasteiger partial charge in [0.2, 0.25) is 0 Å². The molecule has 1 saturated heterocycles. The van der Waals surface area contributed by atoms with Gasteiger partial charge in [0.25, 0.3) is 0 Å². The number of nitrogens with zero attached hydrogens (tertiary/aromatic N) is 1. The molecule has 0 aromatic carbocycles. The molecule has 0 spiro atoms. The van der Waals surface area contributed by atoms with E-state index in [1.54, 1.807) is 0 Å². The van der Waals surface area contributed by atoms with Crippen molar-refractivity contribution in [3.63, 3.8) is 0 Å². The summed E-state index contributed by atoms with van der Waals surface area (Å²) in [5, 5.41) is 9.21. The summed E-state index contributed by atoms with van der Waals surface area (Å²) < 4.78 is 43.5. The number of carbonyl (C=O) groups is 1. The van der Waals surface area contributed by atoms with Crippen molar-refractivity contribution in [1.29, 1.82) is 0 Å². The van der Waals surface area contributed by atoms with Gasteiger partial charge >= 0.3 is 12.1 Å². The number of ether oxygens (including phenoxy) is 1. The second-order valence-corrected chi connectivity index (χ2v) is 4.73. The van der Waals surface area contributed by atoms with Gasteiger partial charge in [-0.15, -0.1) is 0 Å². The molecule has 3 rings (SSSR count). The quantitative estimate of drug-likeness (QED) is 0.907. The topological polar surface area (TPSA) is 59.4 Å². The molecule has 1 aromatic heterocycles. The Bertz CT molecular complexity index is 609. The summed E-state index contributed by atoms with van der Waals surface area (Å²) in [6.45, 7) is 0. The molecule has 4 nitrogen and oxygen atoms in total. The van der Waals surface area contributed by atoms with Gasteiger partial charge in [0.15, 0.2) is 0 Å². The monoisotopic (exact) mass is 285 g/mol. The van der Waals surface area contributed by atoms with Crippen molar-refractivity contribution in [3.05, 3.63) is 35.2 Å². The minimum atomic E-state index is -4.56. The third kappa shape index (κ3) is 1.98. The molecule has 1 aromatic rings. The van der Waals surface area contributed by atoms with E-state index < -0.39 is 30.0 Å². The predicted octanol–water partition coefficient (Wildman–Crippen LogP) is 2.50. The molecule has 3 heterocycles. The lowest BCUT2D eigenvalue weighted by Crippen LogP contribution is -2.17. The van der Waals surface area contributed by atoms with Crippen LogP contribution in [0, 0.1) is 0 Å². The molecule has 1 N–H and O–H groups in total. The van der Waals surface area contributed by atoms with Crippen molar-refractivity contribution in [1.82, 2.24) is 4.98 Å². The van der Waals surface area contributed by atoms with Gasteiger partial charge in [-0.1, -0.05) is 6.07 Å². The standard InChI is InChI=1S/C13H10F3NO3/c14-13(15,16)9-3-1-2-6(17-9)10-7-4-5-8(20-7)11(10)12(18)19/h1-3,7-8H,4-5H2,(H,18,19). The molecule has 2 unspecified atom stereocenters. The normalized spacial score (nSPS) is 25.4. The fourth-order valence-corrected chi connectivity index (χ4v) is 2.71. The van der Waals surface area contributed by atoms with Crippen LogP contribution in [0.15, 0.2) is 23.8 Å². The first-order valence-corrected chi connectivity index (χ1v) is 6.05. The van der Waals surface area contributed by atoms with E-state index in [9.17, 15) is 23.1 Å². The second kappa shape index (κ2) is 4.31. The summed E-state index contributed by atoms with van der Waals surface area (Å²) in [6, 6.07) is 3.47. The van der Waals surface area contributed by atoms with Crippen molar-refractivity contribution >= 4 is 11.5 Å². The number of halogens is 3. The van der Waals surface area contributed by atoms with Crippen molar-refractivity contribution in [3.8, 4) is 0 Å². The number of carboxylic acids is 1. The Morgan fingerprint density at radius 2 is 2.00 bits per heavy atom. The Morgan fingerprint density at radius 3 is 2.65 bits per heavy atom. The summed E-state index contributed by atoms with van der Waals surface area (Å²) in [4.78, 5) is 14.8. The zero-order valence-electron chi connectivity index (χ0n) is 10.1. The first kappa shape index (κ1) is 13.1. The lowest BCUT2D eigenvalue weighted by molar-refractivity contribution is -0.141. The molecule has 1 fully saturated rings. The number of rotatable bonds is 2. The van der Waals surface area contributed by atoms with Crippen LogP contribution >= 0.6 is 0 Å². The molecular weight excluding hydrogens is 275 g/mol. The minimum Gasteiger partial charge on any atom is -0.478 e. The van der Waals surface area contributed by atoms with Crippen LogP contribution in [0.2, 0.25) is 0 Å². The Morgan fingerprint density at radius 1 is 1.30 bits per heavy atom. The van der Waals surface area contributed by atoms with Crippen molar-refractivity contribution in [2.45, 2.75) is 31.2 Å². The minimum absolute atomic E-state index is 0.0319. The second-order valence-electron chi connectivity index (χ2n) is 4.73. The Labute approximate surface area is 111 Å². The van der Waals surface area contributed by atoms with Crippen LogP contribution in [0.3, 0.4) is 0 Å². The van der Waals surface area contributed by atoms with Gasteiger partial charge in [-0.3, -0.25) is 0 Å². The van der Waals surface area contributed by atoms with E-state index in [1.807, 2.05) is 0 Å². The SMILES string of the molecule is O=C(O)C1=C(c2cccc(C(F)(F)F)n2)C2CCC1O2. The third-order valence-electron chi connectivity index (χ3n) is 3.50. The highest BCUT2D eigenvalue weighted by atomic mass is 19.4. The average molecular weight is 285 g/mol. The third-order valence-corrected chi connectivity index (χ3v) is 3.50. The molecule has 0 aliphatic carbocycles. The summed E-state index contributed by atoms with van der Waals surface area (Å²) >= 11 is 0. The summed E-state index contributed by atoms with van der Waals surface area (Å²) in [5.74, 6) is -1.16. The van der Waals surface area contributed by atoms with Gasteiger partial charge in [-0.25, -0.2) is 9.78 Å². The Balaban J connectivity index is 2.11. The molecule has 0 amide bonds. The summed E-state index contributed by atoms with van der Waals surface area (Å²) in [7, 11) is 0. The van der Waals surface area contributed by atoms with Crippen molar-refractivity contribution < 1.29 is 27.8 Å². The predicted molar refractivity (Wildman–Crippen MR) is 61.7 cm³/mol. The van der Waals surface area contributed by atoms with E-state index in [0.29, 0.717) is 12.8 Å². The summed E-state index contributed by atoms with van der Waals surface area (Å²) in [6.07, 6.45) is -4.38. The van der Waals surface area contributed by atoms with E-state index in [-0.39, 0.29) is 16.8 Å². The lowest BCUT2D eigenvalue weighted by atomic mass is 9.89. The van der Waals surface area contributed by atoms with Gasteiger partial charge in [-0.05, 0) is 25.0 Å². The molecule has 7 heteroatoms. The van der Waals surface area contributed by atoms with Gasteiger partial charge in [0.05, 0.1) is 23.5 Å². The average Bonchev–Trinajstić information content (AvgIpc) is 2.97. The highest BCUT2D eigenvalue weighted by Crippen LogP contribution is 2.44. The van der Waals surface area contributed by atoms with Crippen molar-refractivity contribution in [2.75, 3.05) is 0 Å². The van der Waals surface area contributed by atoms with E-state index in [1.165, 1.54) is 12.1 Å². The molecule has 20 heavy (non-hydrogen) atoms. The van der Waals surface area contributed by atoms with Gasteiger partial charge < -0.3 is 9.84 Å². The summed E-state index contributed by atoms with van der Waals surface area (Å²) in [5.41, 5.74) is -0.688. The van der Waals surface area contributed by atoms with Crippen LogP contribution < -0.4 is 0 Å². The number of hydrogen-bond acceptors (Lipinski definition) is 3. The van der Waals surface area contributed by atoms with Gasteiger partial charge in [0, 0.05) is 5.57 Å². The van der Waals surface area contributed by atoms with Crippen LogP contribution in [-0.2, 0) is 15.7 Å². The molecule has 0 saturated carbocycles. The Kier molecular flexibility index (Phi) is 2.82. The van der Waals surface area contributed by atoms with Crippen LogP contribution in [0.4, 0.5) is 13.2 Å². The number of carboxylic acid groups (broad SMARTS) is 1. The maximum absolute atomic E-state index is 12.7. The zero-order chi connectivity index (χ0) is 14.5. The van der Waals surface area contributed by atoms with E-state index in [4.69, 9.17) is 4.74 Å². The number of aromatic nitrogens is 1. The molecule has 2 bridgehead atoms. The number of aliphatic carboxylic acids is 1. The zero-order valence-corrected chi connectivity index (χ0v) is 10.1. The fourth-order valence-electron chi connectivity index (χ4n) is 2.71. The van der Waals surface area contributed by atoms with Crippen LogP contribution in [0.1, 0.15) is 24.2 Å². The molecule has 2 aliphatic heterocycles. The maximum Gasteiger partial charge on any atom is 0.433 e. The van der Waals surface area contributed by atoms with E-state index in [2.05, 4.69) is 4.98 Å². The molecule has 0 radical (unpaired) electrons. The highest BCUT2D eigenvalue weighted by molar-refractivity contribution is 5.99. The maximum atomic E-state index is 12.7. The number of alkyl halides is 3. The van der Waals surface area contributed by atoms with Crippen LogP contribution in [0.5, 0.6) is 0 Å². The molecule has 2 atom stereocenters. The van der Waals surface area contributed by atoms with Crippen LogP contribution in [-0.4, -0.2) is 28.3 Å². The number of fused-ring (bicyclic) bond motifs is 2. The van der Waals surface area contributed by atoms with Crippen LogP contribution in [0.25, 0.3) is 5.57 Å². The number of pyridine rings is 1. The van der Waals surface area contributed by atoms with Gasteiger partial charge in [0.1, 0.15) is 5.69 Å². The largest absolute Gasteiger partial charge is 0.478 e. The molecular formula is C13H10F3NO3. The fraction of sp³-hybridized carbons (Fsp3) is 0.385. The number of hydrogen-bond donors (Lipinski definition) is 1. The first-order valence-electron chi connectivity index (χ1n) is 6.05. The van der Waals surface area contributed by atoms with E-state index >= 15 is 0 Å². The smallest absolute Gasteiger partial charge is 0.433 e. The first-order chi connectivity index (χ1) is 9.38. The van der Waals surface area contributed by atoms with Gasteiger partial charge in [-0.2, -0.15) is 13.2 Å². The van der Waals surface area contributed by atoms with E-state index in [0.717, 1.165) is 6.07 Å². The molecule has 106 valence electrons. The Hall–Kier alpha value is -1.89. The lowest BCUT2D eigenvalue weighted by Gasteiger charge is -2.15. The molecule has 2 aliphatic rings. The highest BCUT2D eigenvalue weighted by Gasteiger charge is 2.44. The van der Waals surface area contributed by atoms with Crippen molar-refractivity contribution in [2.24, 2.45) is 0 Å².